The molecule has 0 saturated heterocycles. The molecular formula is C20H29FIN5O. The minimum atomic E-state index is -0.305. The number of hydrogen-bond acceptors (Lipinski definition) is 4. The number of hydrogen-bond donors (Lipinski definition) is 2. The average Bonchev–Trinajstić information content (AvgIpc) is 2.67. The third-order valence-corrected chi connectivity index (χ3v) is 3.96. The zero-order valence-electron chi connectivity index (χ0n) is 16.8. The van der Waals surface area contributed by atoms with Crippen LogP contribution in [-0.2, 0) is 6.54 Å². The molecule has 1 heterocycles. The van der Waals surface area contributed by atoms with Crippen LogP contribution < -0.4 is 20.3 Å². The third-order valence-electron chi connectivity index (χ3n) is 3.96. The molecule has 2 aromatic rings. The first-order valence-electron chi connectivity index (χ1n) is 9.01. The van der Waals surface area contributed by atoms with Crippen LogP contribution in [0.4, 0.5) is 10.2 Å². The van der Waals surface area contributed by atoms with Crippen molar-refractivity contribution in [3.8, 4) is 5.75 Å². The number of benzene rings is 1. The van der Waals surface area contributed by atoms with Gasteiger partial charge in [-0.3, -0.25) is 4.99 Å². The number of aliphatic imine (C=N–C) groups is 1. The van der Waals surface area contributed by atoms with Gasteiger partial charge < -0.3 is 20.3 Å². The van der Waals surface area contributed by atoms with Crippen LogP contribution in [0.3, 0.4) is 0 Å². The van der Waals surface area contributed by atoms with Gasteiger partial charge in [-0.1, -0.05) is 19.1 Å². The lowest BCUT2D eigenvalue weighted by Crippen LogP contribution is -2.42. The molecule has 1 atom stereocenters. The minimum Gasteiger partial charge on any atom is -0.489 e. The van der Waals surface area contributed by atoms with Gasteiger partial charge in [0.15, 0.2) is 5.96 Å². The van der Waals surface area contributed by atoms with Gasteiger partial charge in [-0.25, -0.2) is 9.37 Å². The Kier molecular flexibility index (Phi) is 10.6. The summed E-state index contributed by atoms with van der Waals surface area (Å²) in [5, 5.41) is 6.49. The fourth-order valence-corrected chi connectivity index (χ4v) is 2.42. The number of pyridine rings is 1. The predicted octanol–water partition coefficient (Wildman–Crippen LogP) is 3.43. The number of ether oxygens (including phenoxy) is 1. The van der Waals surface area contributed by atoms with Gasteiger partial charge in [0.2, 0.25) is 0 Å². The topological polar surface area (TPSA) is 61.8 Å². The van der Waals surface area contributed by atoms with Crippen LogP contribution in [-0.4, -0.2) is 44.7 Å². The molecule has 2 N–H and O–H groups in total. The van der Waals surface area contributed by atoms with E-state index < -0.39 is 0 Å². The Bertz CT molecular complexity index is 757. The zero-order valence-corrected chi connectivity index (χ0v) is 19.1. The summed E-state index contributed by atoms with van der Waals surface area (Å²) in [6, 6.07) is 12.1. The number of aromatic nitrogens is 1. The van der Waals surface area contributed by atoms with Crippen molar-refractivity contribution in [3.63, 3.8) is 0 Å². The third kappa shape index (κ3) is 7.87. The first-order valence-corrected chi connectivity index (χ1v) is 9.01. The normalized spacial score (nSPS) is 12.0. The van der Waals surface area contributed by atoms with Gasteiger partial charge in [-0.05, 0) is 30.7 Å². The van der Waals surface area contributed by atoms with Crippen molar-refractivity contribution in [2.45, 2.75) is 26.0 Å². The lowest BCUT2D eigenvalue weighted by Gasteiger charge is -2.20. The van der Waals surface area contributed by atoms with Crippen LogP contribution in [0.25, 0.3) is 0 Å². The van der Waals surface area contributed by atoms with Crippen molar-refractivity contribution in [1.82, 2.24) is 15.6 Å². The largest absolute Gasteiger partial charge is 0.489 e. The maximum Gasteiger partial charge on any atom is 0.191 e. The highest BCUT2D eigenvalue weighted by atomic mass is 127. The maximum absolute atomic E-state index is 13.3. The number of guanidine groups is 1. The summed E-state index contributed by atoms with van der Waals surface area (Å²) in [6.45, 7) is 3.14. The van der Waals surface area contributed by atoms with E-state index in [1.165, 1.54) is 12.1 Å². The molecule has 0 bridgehead atoms. The van der Waals surface area contributed by atoms with Gasteiger partial charge in [0, 0.05) is 27.2 Å². The summed E-state index contributed by atoms with van der Waals surface area (Å²) < 4.78 is 19.1. The highest BCUT2D eigenvalue weighted by molar-refractivity contribution is 14.0. The highest BCUT2D eigenvalue weighted by Crippen LogP contribution is 2.14. The minimum absolute atomic E-state index is 0. The molecule has 0 radical (unpaired) electrons. The van der Waals surface area contributed by atoms with E-state index in [1.54, 1.807) is 19.2 Å². The first-order chi connectivity index (χ1) is 13.0. The van der Waals surface area contributed by atoms with Crippen LogP contribution in [0.15, 0.2) is 47.5 Å². The summed E-state index contributed by atoms with van der Waals surface area (Å²) in [5.41, 5.74) is 0.923. The van der Waals surface area contributed by atoms with Gasteiger partial charge in [-0.15, -0.1) is 24.0 Å². The Hall–Kier alpha value is -2.10. The summed E-state index contributed by atoms with van der Waals surface area (Å²) in [6.07, 6.45) is 0.688. The predicted molar refractivity (Wildman–Crippen MR) is 123 cm³/mol. The molecule has 8 heteroatoms. The molecule has 154 valence electrons. The summed E-state index contributed by atoms with van der Waals surface area (Å²) in [4.78, 5) is 10.8. The van der Waals surface area contributed by atoms with Crippen LogP contribution >= 0.6 is 24.0 Å². The van der Waals surface area contributed by atoms with Crippen molar-refractivity contribution in [2.24, 2.45) is 4.99 Å². The molecule has 1 aromatic heterocycles. The Morgan fingerprint density at radius 2 is 1.96 bits per heavy atom. The highest BCUT2D eigenvalue weighted by Gasteiger charge is 2.10. The Labute approximate surface area is 183 Å². The lowest BCUT2D eigenvalue weighted by atomic mass is 10.2. The van der Waals surface area contributed by atoms with Crippen LogP contribution in [0.1, 0.15) is 19.0 Å². The molecule has 28 heavy (non-hydrogen) atoms. The number of nitrogens with zero attached hydrogens (tertiary/aromatic N) is 3. The molecule has 0 spiro atoms. The van der Waals surface area contributed by atoms with Gasteiger partial charge in [-0.2, -0.15) is 0 Å². The Morgan fingerprint density at radius 3 is 2.61 bits per heavy atom. The molecule has 0 amide bonds. The molecule has 0 fully saturated rings. The van der Waals surface area contributed by atoms with Crippen molar-refractivity contribution >= 4 is 35.8 Å². The number of rotatable bonds is 8. The zero-order chi connectivity index (χ0) is 19.6. The maximum atomic E-state index is 13.3. The first kappa shape index (κ1) is 23.9. The second kappa shape index (κ2) is 12.4. The van der Waals surface area contributed by atoms with Crippen molar-refractivity contribution in [2.75, 3.05) is 32.6 Å². The van der Waals surface area contributed by atoms with E-state index in [4.69, 9.17) is 4.74 Å². The molecule has 1 aromatic carbocycles. The molecule has 0 aliphatic carbocycles. The van der Waals surface area contributed by atoms with E-state index in [1.807, 2.05) is 44.1 Å². The SMILES string of the molecule is CCC(CNC(=NC)NCc1cccc(N(C)C)n1)Oc1cccc(F)c1.I. The van der Waals surface area contributed by atoms with Gasteiger partial charge >= 0.3 is 0 Å². The number of halogens is 2. The van der Waals surface area contributed by atoms with E-state index in [9.17, 15) is 4.39 Å². The summed E-state index contributed by atoms with van der Waals surface area (Å²) >= 11 is 0. The van der Waals surface area contributed by atoms with E-state index in [0.717, 1.165) is 17.9 Å². The molecule has 0 aliphatic rings. The fourth-order valence-electron chi connectivity index (χ4n) is 2.42. The van der Waals surface area contributed by atoms with Crippen molar-refractivity contribution in [1.29, 1.82) is 0 Å². The van der Waals surface area contributed by atoms with Gasteiger partial charge in [0.05, 0.1) is 18.8 Å². The van der Waals surface area contributed by atoms with Crippen LogP contribution in [0.5, 0.6) is 5.75 Å². The van der Waals surface area contributed by atoms with Crippen molar-refractivity contribution in [3.05, 3.63) is 54.0 Å². The van der Waals surface area contributed by atoms with Crippen LogP contribution in [0, 0.1) is 5.82 Å². The average molecular weight is 501 g/mol. The molecule has 0 aliphatic heterocycles. The quantitative estimate of drug-likeness (QED) is 0.330. The Morgan fingerprint density at radius 1 is 1.21 bits per heavy atom. The van der Waals surface area contributed by atoms with E-state index in [0.29, 0.717) is 24.8 Å². The number of nitrogens with one attached hydrogen (secondary N) is 2. The van der Waals surface area contributed by atoms with E-state index in [-0.39, 0.29) is 35.9 Å². The lowest BCUT2D eigenvalue weighted by molar-refractivity contribution is 0.198. The van der Waals surface area contributed by atoms with Crippen molar-refractivity contribution < 1.29 is 9.13 Å². The number of anilines is 1. The van der Waals surface area contributed by atoms with E-state index in [2.05, 4.69) is 20.6 Å². The van der Waals surface area contributed by atoms with Gasteiger partial charge in [0.25, 0.3) is 0 Å². The Balaban J connectivity index is 0.00000392. The summed E-state index contributed by atoms with van der Waals surface area (Å²) in [7, 11) is 5.64. The molecule has 1 unspecified atom stereocenters. The van der Waals surface area contributed by atoms with Crippen LogP contribution in [0.2, 0.25) is 0 Å². The standard InChI is InChI=1S/C20H28FN5O.HI/c1-5-17(27-18-10-6-8-15(21)12-18)14-24-20(22-2)23-13-16-9-7-11-19(25-16)26(3)4;/h6-12,17H,5,13-14H2,1-4H3,(H2,22,23,24);1H. The molecular weight excluding hydrogens is 472 g/mol. The second-order valence-electron chi connectivity index (χ2n) is 6.29. The molecule has 2 rings (SSSR count). The smallest absolute Gasteiger partial charge is 0.191 e. The second-order valence-corrected chi connectivity index (χ2v) is 6.29. The summed E-state index contributed by atoms with van der Waals surface area (Å²) in [5.74, 6) is 1.79. The monoisotopic (exact) mass is 501 g/mol. The van der Waals surface area contributed by atoms with E-state index >= 15 is 0 Å². The molecule has 6 nitrogen and oxygen atoms in total. The fraction of sp³-hybridized carbons (Fsp3) is 0.400. The molecule has 0 saturated carbocycles. The van der Waals surface area contributed by atoms with Gasteiger partial charge in [0.1, 0.15) is 23.5 Å².